The molecule has 1 atom stereocenters. The maximum atomic E-state index is 11.8. The van der Waals surface area contributed by atoms with Crippen LogP contribution in [0, 0.1) is 5.92 Å². The lowest BCUT2D eigenvalue weighted by Gasteiger charge is -2.31. The minimum Gasteiger partial charge on any atom is -0.466 e. The second-order valence-corrected chi connectivity index (χ2v) is 18.2. The van der Waals surface area contributed by atoms with Gasteiger partial charge in [0.25, 0.3) is 0 Å². The molecule has 0 radical (unpaired) electrons. The first-order valence-corrected chi connectivity index (χ1v) is 16.4. The molecule has 0 N–H and O–H groups in total. The van der Waals surface area contributed by atoms with Gasteiger partial charge >= 0.3 is 5.97 Å². The first-order valence-electron chi connectivity index (χ1n) is 9.90. The van der Waals surface area contributed by atoms with Crippen LogP contribution in [0.1, 0.15) is 59.3 Å². The molecule has 5 heteroatoms. The number of ether oxygens (including phenoxy) is 1. The van der Waals surface area contributed by atoms with E-state index in [1.807, 2.05) is 0 Å². The fourth-order valence-corrected chi connectivity index (χ4v) is 11.1. The van der Waals surface area contributed by atoms with Gasteiger partial charge in [-0.3, -0.25) is 4.79 Å². The van der Waals surface area contributed by atoms with Crippen LogP contribution in [0.5, 0.6) is 0 Å². The van der Waals surface area contributed by atoms with E-state index < -0.39 is 16.6 Å². The van der Waals surface area contributed by atoms with Crippen LogP contribution >= 0.6 is 0 Å². The quantitative estimate of drug-likeness (QED) is 0.156. The minimum absolute atomic E-state index is 0.0397. The fraction of sp³-hybridized carbons (Fsp3) is 0.850. The Balaban J connectivity index is 3.76. The van der Waals surface area contributed by atoms with Crippen molar-refractivity contribution in [2.75, 3.05) is 6.61 Å². The fourth-order valence-electron chi connectivity index (χ4n) is 2.95. The highest BCUT2D eigenvalue weighted by atomic mass is 28.4. The number of esters is 1. The Morgan fingerprint density at radius 3 is 2.24 bits per heavy atom. The highest BCUT2D eigenvalue weighted by molar-refractivity contribution is 6.84. The summed E-state index contributed by atoms with van der Waals surface area (Å²) < 4.78 is 11.7. The Morgan fingerprint density at radius 1 is 1.04 bits per heavy atom. The Bertz CT molecular complexity index is 408. The molecule has 25 heavy (non-hydrogen) atoms. The van der Waals surface area contributed by atoms with E-state index >= 15 is 0 Å². The zero-order chi connectivity index (χ0) is 19.5. The molecule has 0 spiro atoms. The molecule has 0 aliphatic carbocycles. The maximum absolute atomic E-state index is 11.8. The van der Waals surface area contributed by atoms with Gasteiger partial charge < -0.3 is 8.85 Å². The van der Waals surface area contributed by atoms with Crippen molar-refractivity contribution in [3.05, 3.63) is 11.6 Å². The van der Waals surface area contributed by atoms with Crippen molar-refractivity contribution in [2.45, 2.75) is 98.1 Å². The van der Waals surface area contributed by atoms with Gasteiger partial charge in [0, 0.05) is 6.42 Å². The molecule has 0 aliphatic heterocycles. The predicted octanol–water partition coefficient (Wildman–Crippen LogP) is 6.53. The molecule has 0 saturated heterocycles. The average molecular weight is 387 g/mol. The summed E-state index contributed by atoms with van der Waals surface area (Å²) in [5.41, 5.74) is 1.38. The number of rotatable bonds is 13. The second-order valence-electron chi connectivity index (χ2n) is 9.15. The van der Waals surface area contributed by atoms with Gasteiger partial charge in [-0.05, 0) is 84.2 Å². The van der Waals surface area contributed by atoms with Gasteiger partial charge in [-0.2, -0.15) is 0 Å². The molecule has 0 rings (SSSR count). The number of unbranched alkanes of at least 4 members (excludes halogenated alkanes) is 1. The normalized spacial score (nSPS) is 13.4. The Labute approximate surface area is 158 Å². The van der Waals surface area contributed by atoms with Crippen molar-refractivity contribution in [1.29, 1.82) is 0 Å². The predicted molar refractivity (Wildman–Crippen MR) is 114 cm³/mol. The molecule has 0 aromatic heterocycles. The van der Waals surface area contributed by atoms with Crippen LogP contribution in [-0.4, -0.2) is 29.2 Å². The molecule has 3 nitrogen and oxygen atoms in total. The van der Waals surface area contributed by atoms with Crippen LogP contribution in [0.25, 0.3) is 0 Å². The van der Waals surface area contributed by atoms with E-state index in [9.17, 15) is 4.79 Å². The molecule has 0 aromatic carbocycles. The molecule has 0 saturated carbocycles. The molecular formula is C20H42O3Si2. The first-order chi connectivity index (χ1) is 11.4. The van der Waals surface area contributed by atoms with Crippen LogP contribution in [0.3, 0.4) is 0 Å². The summed E-state index contributed by atoms with van der Waals surface area (Å²) in [6.07, 6.45) is 8.06. The van der Waals surface area contributed by atoms with Crippen molar-refractivity contribution in [2.24, 2.45) is 5.92 Å². The lowest BCUT2D eigenvalue weighted by molar-refractivity contribution is -0.144. The van der Waals surface area contributed by atoms with Crippen molar-refractivity contribution in [3.8, 4) is 0 Å². The third-order valence-corrected chi connectivity index (χ3v) is 10.3. The van der Waals surface area contributed by atoms with Gasteiger partial charge in [0.15, 0.2) is 16.6 Å². The first kappa shape index (κ1) is 24.6. The summed E-state index contributed by atoms with van der Waals surface area (Å²) in [4.78, 5) is 11.8. The number of carbonyl (C=O) groups excluding carboxylic acids is 1. The Hall–Kier alpha value is -0.396. The van der Waals surface area contributed by atoms with Crippen LogP contribution < -0.4 is 0 Å². The van der Waals surface area contributed by atoms with Crippen molar-refractivity contribution in [3.63, 3.8) is 0 Å². The average Bonchev–Trinajstić information content (AvgIpc) is 2.40. The topological polar surface area (TPSA) is 35.5 Å². The molecule has 148 valence electrons. The summed E-state index contributed by atoms with van der Waals surface area (Å²) in [6, 6.07) is 1.13. The third-order valence-electron chi connectivity index (χ3n) is 4.08. The van der Waals surface area contributed by atoms with Gasteiger partial charge in [0.05, 0.1) is 6.61 Å². The summed E-state index contributed by atoms with van der Waals surface area (Å²) in [7, 11) is -3.02. The highest BCUT2D eigenvalue weighted by Crippen LogP contribution is 2.21. The molecule has 0 heterocycles. The van der Waals surface area contributed by atoms with Crippen molar-refractivity contribution >= 4 is 22.6 Å². The van der Waals surface area contributed by atoms with Gasteiger partial charge in [0.2, 0.25) is 0 Å². The zero-order valence-electron chi connectivity index (χ0n) is 18.0. The van der Waals surface area contributed by atoms with Crippen LogP contribution in [0.4, 0.5) is 0 Å². The third kappa shape index (κ3) is 16.8. The summed E-state index contributed by atoms with van der Waals surface area (Å²) in [5.74, 6) is 0.566. The number of carbonyl (C=O) groups is 1. The van der Waals surface area contributed by atoms with E-state index in [2.05, 4.69) is 59.6 Å². The molecule has 0 bridgehead atoms. The zero-order valence-corrected chi connectivity index (χ0v) is 20.0. The largest absolute Gasteiger partial charge is 0.466 e. The second kappa shape index (κ2) is 12.1. The van der Waals surface area contributed by atoms with Gasteiger partial charge in [-0.25, -0.2) is 0 Å². The van der Waals surface area contributed by atoms with Crippen molar-refractivity contribution in [1.82, 2.24) is 0 Å². The standard InChI is InChI=1S/C20H42O3Si2/c1-18(2)12-11-13-19(3)15-16-22-20(21)14-9-10-17-25(7,8)23-24(4,5)6/h12,19H,9-11,13-17H2,1-8H3. The lowest BCUT2D eigenvalue weighted by Crippen LogP contribution is -2.42. The van der Waals surface area contributed by atoms with E-state index in [4.69, 9.17) is 8.85 Å². The van der Waals surface area contributed by atoms with Gasteiger partial charge in [-0.1, -0.05) is 25.0 Å². The van der Waals surface area contributed by atoms with E-state index in [0.717, 1.165) is 31.7 Å². The molecule has 1 unspecified atom stereocenters. The summed E-state index contributed by atoms with van der Waals surface area (Å²) in [5, 5.41) is 0. The molecular weight excluding hydrogens is 344 g/mol. The number of allylic oxidation sites excluding steroid dienone is 2. The summed E-state index contributed by atoms with van der Waals surface area (Å²) in [6.45, 7) is 18.4. The molecule has 0 amide bonds. The Morgan fingerprint density at radius 2 is 1.68 bits per heavy atom. The smallest absolute Gasteiger partial charge is 0.305 e. The van der Waals surface area contributed by atoms with Crippen LogP contribution in [0.15, 0.2) is 11.6 Å². The van der Waals surface area contributed by atoms with E-state index in [0.29, 0.717) is 18.9 Å². The monoisotopic (exact) mass is 386 g/mol. The minimum atomic E-state index is -1.57. The lowest BCUT2D eigenvalue weighted by atomic mass is 10.0. The maximum Gasteiger partial charge on any atom is 0.305 e. The Kier molecular flexibility index (Phi) is 11.9. The van der Waals surface area contributed by atoms with Crippen LogP contribution in [0.2, 0.25) is 38.8 Å². The van der Waals surface area contributed by atoms with E-state index in [1.54, 1.807) is 0 Å². The number of hydrogen-bond acceptors (Lipinski definition) is 3. The molecule has 0 fully saturated rings. The van der Waals surface area contributed by atoms with Gasteiger partial charge in [0.1, 0.15) is 0 Å². The molecule has 0 aromatic rings. The number of hydrogen-bond donors (Lipinski definition) is 0. The van der Waals surface area contributed by atoms with Crippen LogP contribution in [-0.2, 0) is 13.6 Å². The SMILES string of the molecule is CC(C)=CCCC(C)CCOC(=O)CCCC[Si](C)(C)O[Si](C)(C)C. The molecule has 0 aliphatic rings. The van der Waals surface area contributed by atoms with Gasteiger partial charge in [-0.15, -0.1) is 0 Å². The highest BCUT2D eigenvalue weighted by Gasteiger charge is 2.28. The van der Waals surface area contributed by atoms with E-state index in [1.165, 1.54) is 12.0 Å². The van der Waals surface area contributed by atoms with Crippen molar-refractivity contribution < 1.29 is 13.6 Å². The van der Waals surface area contributed by atoms with E-state index in [-0.39, 0.29) is 5.97 Å². The summed E-state index contributed by atoms with van der Waals surface area (Å²) >= 11 is 0.